The standard InChI is InChI=1S/C7H10F3N3.2ClH/c1-5-6(2-11)3-12-13(5)4-7(8,9)10;;/h3H,2,4,11H2,1H3;2*1H. The molecule has 0 amide bonds. The fourth-order valence-corrected chi connectivity index (χ4v) is 1.01. The monoisotopic (exact) mass is 265 g/mol. The molecule has 0 aliphatic heterocycles. The molecule has 0 radical (unpaired) electrons. The first-order chi connectivity index (χ1) is 5.94. The zero-order chi connectivity index (χ0) is 10.1. The molecular weight excluding hydrogens is 254 g/mol. The van der Waals surface area contributed by atoms with E-state index in [1.165, 1.54) is 6.20 Å². The first-order valence-electron chi connectivity index (χ1n) is 3.72. The Kier molecular flexibility index (Phi) is 7.00. The lowest BCUT2D eigenvalue weighted by atomic mass is 10.3. The third-order valence-electron chi connectivity index (χ3n) is 1.75. The fraction of sp³-hybridized carbons (Fsp3) is 0.571. The second-order valence-corrected chi connectivity index (χ2v) is 2.73. The summed E-state index contributed by atoms with van der Waals surface area (Å²) in [6.07, 6.45) is -2.87. The lowest BCUT2D eigenvalue weighted by molar-refractivity contribution is -0.142. The van der Waals surface area contributed by atoms with E-state index in [9.17, 15) is 13.2 Å². The van der Waals surface area contributed by atoms with Gasteiger partial charge >= 0.3 is 6.18 Å². The number of aromatic nitrogens is 2. The van der Waals surface area contributed by atoms with Gasteiger partial charge in [0.25, 0.3) is 0 Å². The molecule has 0 spiro atoms. The molecule has 1 heterocycles. The molecule has 0 saturated carbocycles. The maximum atomic E-state index is 11.9. The van der Waals surface area contributed by atoms with Crippen LogP contribution in [-0.2, 0) is 13.1 Å². The predicted molar refractivity (Wildman–Crippen MR) is 55.4 cm³/mol. The highest BCUT2D eigenvalue weighted by Gasteiger charge is 2.29. The average molecular weight is 266 g/mol. The Morgan fingerprint density at radius 2 is 1.93 bits per heavy atom. The van der Waals surface area contributed by atoms with Crippen molar-refractivity contribution in [2.75, 3.05) is 0 Å². The molecule has 0 unspecified atom stereocenters. The SMILES string of the molecule is Cc1c(CN)cnn1CC(F)(F)F.Cl.Cl. The Morgan fingerprint density at radius 3 is 2.27 bits per heavy atom. The number of hydrogen-bond acceptors (Lipinski definition) is 2. The number of halogens is 5. The van der Waals surface area contributed by atoms with E-state index in [2.05, 4.69) is 5.10 Å². The molecule has 1 aromatic heterocycles. The zero-order valence-electron chi connectivity index (χ0n) is 7.91. The maximum absolute atomic E-state index is 11.9. The van der Waals surface area contributed by atoms with Gasteiger partial charge in [-0.15, -0.1) is 24.8 Å². The summed E-state index contributed by atoms with van der Waals surface area (Å²) in [5.74, 6) is 0. The van der Waals surface area contributed by atoms with Crippen LogP contribution in [0.4, 0.5) is 13.2 Å². The minimum atomic E-state index is -4.23. The van der Waals surface area contributed by atoms with Crippen LogP contribution in [-0.4, -0.2) is 16.0 Å². The maximum Gasteiger partial charge on any atom is 0.408 e. The first kappa shape index (κ1) is 17.0. The van der Waals surface area contributed by atoms with Crippen molar-refractivity contribution < 1.29 is 13.2 Å². The number of hydrogen-bond donors (Lipinski definition) is 1. The van der Waals surface area contributed by atoms with Crippen molar-refractivity contribution in [3.8, 4) is 0 Å². The summed E-state index contributed by atoms with van der Waals surface area (Å²) in [4.78, 5) is 0. The lowest BCUT2D eigenvalue weighted by Crippen LogP contribution is -2.19. The summed E-state index contributed by atoms with van der Waals surface area (Å²) in [5.41, 5.74) is 6.41. The van der Waals surface area contributed by atoms with E-state index in [0.29, 0.717) is 11.3 Å². The van der Waals surface area contributed by atoms with Crippen LogP contribution in [0.2, 0.25) is 0 Å². The second-order valence-electron chi connectivity index (χ2n) is 2.73. The summed E-state index contributed by atoms with van der Waals surface area (Å²) in [6, 6.07) is 0. The van der Waals surface area contributed by atoms with Crippen molar-refractivity contribution in [3.05, 3.63) is 17.5 Å². The summed E-state index contributed by atoms with van der Waals surface area (Å²) in [7, 11) is 0. The number of nitrogens with two attached hydrogens (primary N) is 1. The zero-order valence-corrected chi connectivity index (χ0v) is 9.55. The quantitative estimate of drug-likeness (QED) is 0.890. The van der Waals surface area contributed by atoms with Crippen LogP contribution in [0.1, 0.15) is 11.3 Å². The van der Waals surface area contributed by atoms with Crippen molar-refractivity contribution in [1.29, 1.82) is 0 Å². The van der Waals surface area contributed by atoms with Gasteiger partial charge in [0.1, 0.15) is 6.54 Å². The minimum Gasteiger partial charge on any atom is -0.326 e. The van der Waals surface area contributed by atoms with Gasteiger partial charge in [0.2, 0.25) is 0 Å². The van der Waals surface area contributed by atoms with Gasteiger partial charge < -0.3 is 5.73 Å². The molecule has 1 aromatic rings. The van der Waals surface area contributed by atoms with Gasteiger partial charge in [0, 0.05) is 17.8 Å². The van der Waals surface area contributed by atoms with E-state index >= 15 is 0 Å². The lowest BCUT2D eigenvalue weighted by Gasteiger charge is -2.08. The number of nitrogens with zero attached hydrogens (tertiary/aromatic N) is 2. The second kappa shape index (κ2) is 6.19. The predicted octanol–water partition coefficient (Wildman–Crippen LogP) is 2.06. The molecule has 0 aromatic carbocycles. The molecule has 1 rings (SSSR count). The van der Waals surface area contributed by atoms with E-state index in [-0.39, 0.29) is 31.4 Å². The van der Waals surface area contributed by atoms with Crippen molar-refractivity contribution >= 4 is 24.8 Å². The Morgan fingerprint density at radius 1 is 1.40 bits per heavy atom. The van der Waals surface area contributed by atoms with Crippen LogP contribution in [0.25, 0.3) is 0 Å². The van der Waals surface area contributed by atoms with E-state index in [1.807, 2.05) is 0 Å². The van der Waals surface area contributed by atoms with Crippen LogP contribution in [0.3, 0.4) is 0 Å². The molecular formula is C7H12Cl2F3N3. The summed E-state index contributed by atoms with van der Waals surface area (Å²) in [6.45, 7) is 0.726. The van der Waals surface area contributed by atoms with Gasteiger partial charge in [-0.05, 0) is 6.92 Å². The van der Waals surface area contributed by atoms with Crippen molar-refractivity contribution in [2.24, 2.45) is 5.73 Å². The minimum absolute atomic E-state index is 0. The molecule has 0 aliphatic rings. The summed E-state index contributed by atoms with van der Waals surface area (Å²) < 4.78 is 36.7. The van der Waals surface area contributed by atoms with Gasteiger partial charge in [-0.3, -0.25) is 4.68 Å². The smallest absolute Gasteiger partial charge is 0.326 e. The van der Waals surface area contributed by atoms with Gasteiger partial charge in [-0.2, -0.15) is 18.3 Å². The topological polar surface area (TPSA) is 43.8 Å². The molecule has 0 fully saturated rings. The van der Waals surface area contributed by atoms with E-state index in [1.54, 1.807) is 6.92 Å². The highest BCUT2D eigenvalue weighted by Crippen LogP contribution is 2.18. The Hall–Kier alpha value is -0.460. The van der Waals surface area contributed by atoms with Crippen LogP contribution >= 0.6 is 24.8 Å². The number of rotatable bonds is 2. The highest BCUT2D eigenvalue weighted by atomic mass is 35.5. The van der Waals surface area contributed by atoms with E-state index in [4.69, 9.17) is 5.73 Å². The van der Waals surface area contributed by atoms with E-state index < -0.39 is 12.7 Å². The molecule has 0 saturated heterocycles. The molecule has 0 bridgehead atoms. The van der Waals surface area contributed by atoms with Crippen molar-refractivity contribution in [3.63, 3.8) is 0 Å². The van der Waals surface area contributed by atoms with Crippen LogP contribution < -0.4 is 5.73 Å². The molecule has 8 heteroatoms. The van der Waals surface area contributed by atoms with Gasteiger partial charge in [-0.1, -0.05) is 0 Å². The third-order valence-corrected chi connectivity index (χ3v) is 1.75. The van der Waals surface area contributed by atoms with Crippen LogP contribution in [0.15, 0.2) is 6.20 Å². The van der Waals surface area contributed by atoms with Gasteiger partial charge in [0.05, 0.1) is 6.20 Å². The Bertz CT molecular complexity index is 298. The van der Waals surface area contributed by atoms with Crippen LogP contribution in [0, 0.1) is 6.92 Å². The molecule has 0 atom stereocenters. The average Bonchev–Trinajstić information content (AvgIpc) is 2.30. The Labute approximate surface area is 97.6 Å². The fourth-order valence-electron chi connectivity index (χ4n) is 1.01. The van der Waals surface area contributed by atoms with E-state index in [0.717, 1.165) is 4.68 Å². The molecule has 90 valence electrons. The molecule has 3 nitrogen and oxygen atoms in total. The van der Waals surface area contributed by atoms with Crippen molar-refractivity contribution in [1.82, 2.24) is 9.78 Å². The largest absolute Gasteiger partial charge is 0.408 e. The van der Waals surface area contributed by atoms with Crippen molar-refractivity contribution in [2.45, 2.75) is 26.2 Å². The number of alkyl halides is 3. The highest BCUT2D eigenvalue weighted by molar-refractivity contribution is 5.85. The Balaban J connectivity index is 0. The summed E-state index contributed by atoms with van der Waals surface area (Å²) >= 11 is 0. The normalized spacial score (nSPS) is 10.5. The summed E-state index contributed by atoms with van der Waals surface area (Å²) in [5, 5.41) is 3.59. The van der Waals surface area contributed by atoms with Gasteiger partial charge in [-0.25, -0.2) is 0 Å². The first-order valence-corrected chi connectivity index (χ1v) is 3.72. The van der Waals surface area contributed by atoms with Gasteiger partial charge in [0.15, 0.2) is 0 Å². The molecule has 15 heavy (non-hydrogen) atoms. The molecule has 2 N–H and O–H groups in total. The molecule has 0 aliphatic carbocycles. The van der Waals surface area contributed by atoms with Crippen LogP contribution in [0.5, 0.6) is 0 Å². The third kappa shape index (κ3) is 4.72.